The van der Waals surface area contributed by atoms with Crippen molar-refractivity contribution in [2.45, 2.75) is 4.90 Å². The Morgan fingerprint density at radius 3 is 2.25 bits per heavy atom. The van der Waals surface area contributed by atoms with Crippen LogP contribution in [-0.4, -0.2) is 28.0 Å². The molecule has 2 N–H and O–H groups in total. The Morgan fingerprint density at radius 2 is 1.90 bits per heavy atom. The van der Waals surface area contributed by atoms with Crippen LogP contribution in [0.15, 0.2) is 60.2 Å². The predicted molar refractivity (Wildman–Crippen MR) is 75.1 cm³/mol. The van der Waals surface area contributed by atoms with Gasteiger partial charge in [0.15, 0.2) is 0 Å². The Morgan fingerprint density at radius 1 is 1.35 bits per heavy atom. The first-order chi connectivity index (χ1) is 9.35. The second kappa shape index (κ2) is 8.89. The van der Waals surface area contributed by atoms with E-state index in [2.05, 4.69) is 22.1 Å². The minimum Gasteiger partial charge on any atom is -0.388 e. The molecule has 0 heterocycles. The number of hydrogen-bond donors (Lipinski definition) is 1. The summed E-state index contributed by atoms with van der Waals surface area (Å²) >= 11 is 0. The highest BCUT2D eigenvalue weighted by atomic mass is 32.2. The number of carbonyl (C=O) groups excluding carboxylic acids is 1. The van der Waals surface area contributed by atoms with E-state index < -0.39 is 16.0 Å². The molecule has 0 spiro atoms. The Balaban J connectivity index is 0.000000396. The van der Waals surface area contributed by atoms with Gasteiger partial charge in [-0.25, -0.2) is 0 Å². The van der Waals surface area contributed by atoms with Crippen molar-refractivity contribution < 1.29 is 22.1 Å². The van der Waals surface area contributed by atoms with Crippen molar-refractivity contribution in [1.82, 2.24) is 0 Å². The zero-order valence-electron chi connectivity index (χ0n) is 11.1. The van der Waals surface area contributed by atoms with Crippen LogP contribution in [0, 0.1) is 0 Å². The fourth-order valence-electron chi connectivity index (χ4n) is 0.978. The summed E-state index contributed by atoms with van der Waals surface area (Å²) in [5, 5.41) is 0. The van der Waals surface area contributed by atoms with Gasteiger partial charge in [-0.05, 0) is 12.1 Å². The van der Waals surface area contributed by atoms with Gasteiger partial charge in [0.1, 0.15) is 4.90 Å². The summed E-state index contributed by atoms with van der Waals surface area (Å²) in [6.45, 7) is 6.73. The topological polar surface area (TPSA) is 95.7 Å². The maximum Gasteiger partial charge on any atom is 0.338 e. The standard InChI is InChI=1S/C8H8O3S.C5H9NO2/c1-2-11-12(9,10)8-6-4-3-5-7-8;1-4(3-8-2)5(6)7/h2-7H,1H2;1,3H2,2H3,(H2,6,7). The van der Waals surface area contributed by atoms with E-state index in [1.807, 2.05) is 0 Å². The van der Waals surface area contributed by atoms with Crippen molar-refractivity contribution in [3.05, 3.63) is 55.3 Å². The quantitative estimate of drug-likeness (QED) is 0.484. The molecular weight excluding hydrogens is 282 g/mol. The van der Waals surface area contributed by atoms with Crippen LogP contribution in [-0.2, 0) is 23.8 Å². The van der Waals surface area contributed by atoms with Gasteiger partial charge in [-0.2, -0.15) is 8.42 Å². The van der Waals surface area contributed by atoms with E-state index >= 15 is 0 Å². The van der Waals surface area contributed by atoms with E-state index in [1.54, 1.807) is 18.2 Å². The average molecular weight is 299 g/mol. The summed E-state index contributed by atoms with van der Waals surface area (Å²) < 4.78 is 31.2. The fourth-order valence-corrected chi connectivity index (χ4v) is 1.76. The normalized spacial score (nSPS) is 9.85. The molecule has 0 bridgehead atoms. The first-order valence-electron chi connectivity index (χ1n) is 5.41. The van der Waals surface area contributed by atoms with Gasteiger partial charge in [-0.3, -0.25) is 4.79 Å². The van der Waals surface area contributed by atoms with Crippen LogP contribution in [0.2, 0.25) is 0 Å². The minimum atomic E-state index is -3.63. The summed E-state index contributed by atoms with van der Waals surface area (Å²) in [6, 6.07) is 7.89. The van der Waals surface area contributed by atoms with Crippen LogP contribution < -0.4 is 5.73 Å². The van der Waals surface area contributed by atoms with Crippen LogP contribution in [0.3, 0.4) is 0 Å². The number of hydrogen-bond acceptors (Lipinski definition) is 5. The SMILES string of the molecule is C=C(COC)C(N)=O.C=COS(=O)(=O)c1ccccc1. The van der Waals surface area contributed by atoms with Gasteiger partial charge >= 0.3 is 10.1 Å². The van der Waals surface area contributed by atoms with Crippen molar-refractivity contribution in [2.24, 2.45) is 5.73 Å². The van der Waals surface area contributed by atoms with Crippen LogP contribution >= 0.6 is 0 Å². The van der Waals surface area contributed by atoms with Crippen molar-refractivity contribution in [3.63, 3.8) is 0 Å². The van der Waals surface area contributed by atoms with Crippen LogP contribution in [0.4, 0.5) is 0 Å². The third-order valence-electron chi connectivity index (χ3n) is 1.89. The Labute approximate surface area is 118 Å². The van der Waals surface area contributed by atoms with Crippen molar-refractivity contribution in [1.29, 1.82) is 0 Å². The smallest absolute Gasteiger partial charge is 0.338 e. The lowest BCUT2D eigenvalue weighted by atomic mass is 10.3. The largest absolute Gasteiger partial charge is 0.388 e. The van der Waals surface area contributed by atoms with E-state index in [0.29, 0.717) is 5.57 Å². The lowest BCUT2D eigenvalue weighted by Crippen LogP contribution is -2.16. The first kappa shape index (κ1) is 17.9. The predicted octanol–water partition coefficient (Wildman–Crippen LogP) is 1.21. The highest BCUT2D eigenvalue weighted by Crippen LogP contribution is 2.10. The molecule has 0 saturated carbocycles. The molecule has 1 rings (SSSR count). The molecule has 1 amide bonds. The van der Waals surface area contributed by atoms with Crippen molar-refractivity contribution in [2.75, 3.05) is 13.7 Å². The van der Waals surface area contributed by atoms with E-state index in [0.717, 1.165) is 6.26 Å². The molecular formula is C13H17NO5S. The van der Waals surface area contributed by atoms with E-state index in [9.17, 15) is 13.2 Å². The zero-order valence-corrected chi connectivity index (χ0v) is 11.9. The molecule has 1 aromatic rings. The fraction of sp³-hybridized carbons (Fsp3) is 0.154. The number of ether oxygens (including phenoxy) is 1. The van der Waals surface area contributed by atoms with Gasteiger partial charge in [0.2, 0.25) is 5.91 Å². The molecule has 0 aliphatic heterocycles. The van der Waals surface area contributed by atoms with Gasteiger partial charge in [0.25, 0.3) is 0 Å². The van der Waals surface area contributed by atoms with Gasteiger partial charge in [-0.15, -0.1) is 0 Å². The highest BCUT2D eigenvalue weighted by Gasteiger charge is 2.11. The van der Waals surface area contributed by atoms with Crippen LogP contribution in [0.25, 0.3) is 0 Å². The van der Waals surface area contributed by atoms with Gasteiger partial charge < -0.3 is 14.7 Å². The molecule has 0 aliphatic rings. The van der Waals surface area contributed by atoms with E-state index in [4.69, 9.17) is 5.73 Å². The van der Waals surface area contributed by atoms with E-state index in [1.165, 1.54) is 19.2 Å². The van der Waals surface area contributed by atoms with Crippen molar-refractivity contribution >= 4 is 16.0 Å². The molecule has 0 saturated heterocycles. The van der Waals surface area contributed by atoms with Gasteiger partial charge in [0, 0.05) is 12.7 Å². The van der Waals surface area contributed by atoms with Crippen LogP contribution in [0.5, 0.6) is 0 Å². The summed E-state index contributed by atoms with van der Waals surface area (Å²) in [4.78, 5) is 10.3. The first-order valence-corrected chi connectivity index (χ1v) is 6.81. The summed E-state index contributed by atoms with van der Waals surface area (Å²) in [6.07, 6.45) is 0.891. The number of amides is 1. The third kappa shape index (κ3) is 6.72. The number of primary amides is 1. The number of nitrogens with two attached hydrogens (primary N) is 1. The molecule has 0 unspecified atom stereocenters. The third-order valence-corrected chi connectivity index (χ3v) is 3.13. The number of rotatable bonds is 6. The van der Waals surface area contributed by atoms with Gasteiger partial charge in [-0.1, -0.05) is 31.4 Å². The van der Waals surface area contributed by atoms with Crippen molar-refractivity contribution in [3.8, 4) is 0 Å². The number of carbonyl (C=O) groups is 1. The second-order valence-electron chi connectivity index (χ2n) is 3.43. The number of methoxy groups -OCH3 is 1. The average Bonchev–Trinajstić information content (AvgIpc) is 2.40. The maximum absolute atomic E-state index is 11.1. The molecule has 1 aromatic carbocycles. The molecule has 0 aliphatic carbocycles. The Kier molecular flexibility index (Phi) is 7.95. The lowest BCUT2D eigenvalue weighted by molar-refractivity contribution is -0.115. The summed E-state index contributed by atoms with van der Waals surface area (Å²) in [7, 11) is -2.15. The van der Waals surface area contributed by atoms with Gasteiger partial charge in [0.05, 0.1) is 12.9 Å². The summed E-state index contributed by atoms with van der Waals surface area (Å²) in [5.74, 6) is -0.508. The molecule has 0 fully saturated rings. The second-order valence-corrected chi connectivity index (χ2v) is 5.00. The Hall–Kier alpha value is -2.12. The highest BCUT2D eigenvalue weighted by molar-refractivity contribution is 7.86. The molecule has 0 atom stereocenters. The molecule has 20 heavy (non-hydrogen) atoms. The molecule has 110 valence electrons. The minimum absolute atomic E-state index is 0.130. The lowest BCUT2D eigenvalue weighted by Gasteiger charge is -2.00. The molecule has 0 aromatic heterocycles. The maximum atomic E-state index is 11.1. The van der Waals surface area contributed by atoms with E-state index in [-0.39, 0.29) is 11.5 Å². The van der Waals surface area contributed by atoms with Crippen LogP contribution in [0.1, 0.15) is 0 Å². The number of benzene rings is 1. The zero-order chi connectivity index (χ0) is 15.6. The summed E-state index contributed by atoms with van der Waals surface area (Å²) in [5.41, 5.74) is 5.10. The molecule has 0 radical (unpaired) electrons. The molecule has 7 heteroatoms. The Bertz CT molecular complexity index is 551. The monoisotopic (exact) mass is 299 g/mol. The molecule has 6 nitrogen and oxygen atoms in total.